The first kappa shape index (κ1) is 17.2. The Morgan fingerprint density at radius 3 is 2.58 bits per heavy atom. The van der Waals surface area contributed by atoms with Gasteiger partial charge in [-0.3, -0.25) is 9.36 Å². The first-order chi connectivity index (χ1) is 11.2. The molecule has 0 unspecified atom stereocenters. The van der Waals surface area contributed by atoms with E-state index in [1.807, 2.05) is 13.8 Å². The predicted molar refractivity (Wildman–Crippen MR) is 89.7 cm³/mol. The molecule has 1 saturated carbocycles. The van der Waals surface area contributed by atoms with Gasteiger partial charge in [0.15, 0.2) is 11.0 Å². The molecule has 1 aliphatic carbocycles. The summed E-state index contributed by atoms with van der Waals surface area (Å²) < 4.78 is 1.25. The van der Waals surface area contributed by atoms with Crippen LogP contribution in [-0.4, -0.2) is 37.9 Å². The maximum Gasteiger partial charge on any atom is 0.326 e. The van der Waals surface area contributed by atoms with E-state index < -0.39 is 28.5 Å². The van der Waals surface area contributed by atoms with Crippen LogP contribution in [0.4, 0.5) is 5.82 Å². The summed E-state index contributed by atoms with van der Waals surface area (Å²) in [7, 11) is 0. The third kappa shape index (κ3) is 2.59. The van der Waals surface area contributed by atoms with Gasteiger partial charge in [0.2, 0.25) is 0 Å². The second-order valence-electron chi connectivity index (χ2n) is 7.49. The number of anilines is 1. The summed E-state index contributed by atoms with van der Waals surface area (Å²) in [6.07, 6.45) is 3.67. The van der Waals surface area contributed by atoms with Gasteiger partial charge >= 0.3 is 5.97 Å². The van der Waals surface area contributed by atoms with Crippen LogP contribution in [0.15, 0.2) is 4.79 Å². The molecule has 3 N–H and O–H groups in total. The van der Waals surface area contributed by atoms with E-state index >= 15 is 0 Å². The summed E-state index contributed by atoms with van der Waals surface area (Å²) in [5.74, 6) is -1.04. The predicted octanol–water partition coefficient (Wildman–Crippen LogP) is 1.92. The number of nitrogens with zero attached hydrogens (tertiary/aromatic N) is 2. The molecule has 2 heterocycles. The Bertz CT molecular complexity index is 738. The number of hydrogen-bond donors (Lipinski definition) is 3. The van der Waals surface area contributed by atoms with Gasteiger partial charge in [-0.1, -0.05) is 38.3 Å². The van der Waals surface area contributed by atoms with E-state index in [0.29, 0.717) is 5.69 Å². The molecule has 1 aliphatic heterocycles. The van der Waals surface area contributed by atoms with Crippen LogP contribution in [0.1, 0.15) is 57.7 Å². The molecule has 2 aliphatic rings. The molecule has 0 saturated heterocycles. The summed E-state index contributed by atoms with van der Waals surface area (Å²) in [6, 6.07) is -0.961. The Labute approximate surface area is 144 Å². The van der Waals surface area contributed by atoms with E-state index in [9.17, 15) is 19.8 Å². The largest absolute Gasteiger partial charge is 0.480 e. The zero-order valence-corrected chi connectivity index (χ0v) is 14.6. The number of nitrogens with one attached hydrogen (secondary N) is 1. The number of fused-ring (bicyclic) bond motifs is 1. The topological polar surface area (TPSA) is 104 Å². The van der Waals surface area contributed by atoms with Gasteiger partial charge < -0.3 is 15.5 Å². The first-order valence-electron chi connectivity index (χ1n) is 8.15. The molecule has 8 heteroatoms. The van der Waals surface area contributed by atoms with Gasteiger partial charge in [0.25, 0.3) is 5.56 Å². The molecular formula is C16H22ClN3O4. The monoisotopic (exact) mass is 355 g/mol. The van der Waals surface area contributed by atoms with Gasteiger partial charge in [0, 0.05) is 5.41 Å². The number of hydrogen-bond acceptors (Lipinski definition) is 5. The van der Waals surface area contributed by atoms with Crippen LogP contribution in [0.5, 0.6) is 0 Å². The van der Waals surface area contributed by atoms with Crippen molar-refractivity contribution in [3.63, 3.8) is 0 Å². The van der Waals surface area contributed by atoms with Crippen LogP contribution in [0.25, 0.3) is 0 Å². The van der Waals surface area contributed by atoms with Gasteiger partial charge in [-0.05, 0) is 19.3 Å². The van der Waals surface area contributed by atoms with Crippen LogP contribution in [0.3, 0.4) is 0 Å². The van der Waals surface area contributed by atoms with Crippen LogP contribution in [-0.2, 0) is 10.2 Å². The quantitative estimate of drug-likeness (QED) is 0.762. The van der Waals surface area contributed by atoms with Gasteiger partial charge in [-0.2, -0.15) is 0 Å². The number of halogens is 1. The Hall–Kier alpha value is -1.60. The number of aliphatic carboxylic acids is 1. The Kier molecular flexibility index (Phi) is 4.12. The highest BCUT2D eigenvalue weighted by molar-refractivity contribution is 6.30. The Morgan fingerprint density at radius 1 is 1.42 bits per heavy atom. The smallest absolute Gasteiger partial charge is 0.326 e. The van der Waals surface area contributed by atoms with E-state index in [0.717, 1.165) is 25.7 Å². The SMILES string of the molecule is CC1(C)C[C@@H](C(=O)O)n2c1c(Cl)nc(NC1(CO)CCCC1)c2=O. The normalized spacial score (nSPS) is 23.9. The lowest BCUT2D eigenvalue weighted by Gasteiger charge is -2.29. The molecular weight excluding hydrogens is 334 g/mol. The number of carbonyl (C=O) groups is 1. The third-order valence-corrected chi connectivity index (χ3v) is 5.52. The van der Waals surface area contributed by atoms with Crippen LogP contribution < -0.4 is 10.9 Å². The number of carboxylic acid groups (broad SMARTS) is 1. The van der Waals surface area contributed by atoms with Gasteiger partial charge in [-0.15, -0.1) is 0 Å². The van der Waals surface area contributed by atoms with E-state index in [4.69, 9.17) is 11.6 Å². The molecule has 1 fully saturated rings. The van der Waals surface area contributed by atoms with Crippen LogP contribution >= 0.6 is 11.6 Å². The molecule has 24 heavy (non-hydrogen) atoms. The number of aliphatic hydroxyl groups is 1. The third-order valence-electron chi connectivity index (χ3n) is 5.26. The fourth-order valence-electron chi connectivity index (χ4n) is 3.99. The van der Waals surface area contributed by atoms with Crippen LogP contribution in [0.2, 0.25) is 5.15 Å². The van der Waals surface area contributed by atoms with Crippen molar-refractivity contribution < 1.29 is 15.0 Å². The fraction of sp³-hybridized carbons (Fsp3) is 0.688. The van der Waals surface area contributed by atoms with E-state index in [1.165, 1.54) is 4.57 Å². The second kappa shape index (κ2) is 5.74. The number of aliphatic hydroxyl groups excluding tert-OH is 1. The molecule has 132 valence electrons. The minimum absolute atomic E-state index is 0.0173. The summed E-state index contributed by atoms with van der Waals surface area (Å²) in [6.45, 7) is 3.60. The van der Waals surface area contributed by atoms with Gasteiger partial charge in [0.05, 0.1) is 17.8 Å². The highest BCUT2D eigenvalue weighted by Crippen LogP contribution is 2.43. The standard InChI is InChI=1S/C16H22ClN3O4/c1-15(2)7-9(14(23)24)20-10(15)11(17)18-12(13(20)22)19-16(8-21)5-3-4-6-16/h9,21H,3-8H2,1-2H3,(H,18,19)(H,23,24)/t9-/m0/s1. The van der Waals surface area contributed by atoms with Crippen molar-refractivity contribution in [3.05, 3.63) is 21.2 Å². The maximum absolute atomic E-state index is 12.9. The summed E-state index contributed by atoms with van der Waals surface area (Å²) in [5.41, 5.74) is -1.17. The molecule has 3 rings (SSSR count). The van der Waals surface area contributed by atoms with Crippen molar-refractivity contribution in [3.8, 4) is 0 Å². The molecule has 0 aromatic carbocycles. The summed E-state index contributed by atoms with van der Waals surface area (Å²) in [5, 5.41) is 22.4. The molecule has 0 bridgehead atoms. The lowest BCUT2D eigenvalue weighted by Crippen LogP contribution is -2.43. The molecule has 1 atom stereocenters. The van der Waals surface area contributed by atoms with Crippen molar-refractivity contribution in [1.29, 1.82) is 0 Å². The highest BCUT2D eigenvalue weighted by Gasteiger charge is 2.44. The van der Waals surface area contributed by atoms with E-state index in [-0.39, 0.29) is 24.0 Å². The molecule has 1 aromatic heterocycles. The fourth-order valence-corrected chi connectivity index (χ4v) is 4.42. The lowest BCUT2D eigenvalue weighted by molar-refractivity contribution is -0.140. The van der Waals surface area contributed by atoms with Crippen LogP contribution in [0, 0.1) is 0 Å². The lowest BCUT2D eigenvalue weighted by atomic mass is 9.87. The summed E-state index contributed by atoms with van der Waals surface area (Å²) in [4.78, 5) is 28.7. The number of carboxylic acids is 1. The van der Waals surface area contributed by atoms with Crippen molar-refractivity contribution in [2.24, 2.45) is 0 Å². The molecule has 7 nitrogen and oxygen atoms in total. The average Bonchev–Trinajstić information content (AvgIpc) is 3.07. The van der Waals surface area contributed by atoms with E-state index in [1.54, 1.807) is 0 Å². The average molecular weight is 356 g/mol. The highest BCUT2D eigenvalue weighted by atomic mass is 35.5. The zero-order valence-electron chi connectivity index (χ0n) is 13.8. The van der Waals surface area contributed by atoms with Gasteiger partial charge in [-0.25, -0.2) is 9.78 Å². The number of rotatable bonds is 4. The minimum Gasteiger partial charge on any atom is -0.480 e. The maximum atomic E-state index is 12.9. The zero-order chi connectivity index (χ0) is 17.7. The van der Waals surface area contributed by atoms with Crippen molar-refractivity contribution in [2.75, 3.05) is 11.9 Å². The molecule has 0 radical (unpaired) electrons. The first-order valence-corrected chi connectivity index (χ1v) is 8.53. The second-order valence-corrected chi connectivity index (χ2v) is 7.85. The minimum atomic E-state index is -1.06. The molecule has 0 spiro atoms. The Balaban J connectivity index is 2.12. The molecule has 1 aromatic rings. The van der Waals surface area contributed by atoms with Crippen molar-refractivity contribution in [2.45, 2.75) is 62.9 Å². The number of aromatic nitrogens is 2. The van der Waals surface area contributed by atoms with Crippen molar-refractivity contribution in [1.82, 2.24) is 9.55 Å². The summed E-state index contributed by atoms with van der Waals surface area (Å²) >= 11 is 6.31. The molecule has 0 amide bonds. The van der Waals surface area contributed by atoms with E-state index in [2.05, 4.69) is 10.3 Å². The Morgan fingerprint density at radius 2 is 2.04 bits per heavy atom. The van der Waals surface area contributed by atoms with Gasteiger partial charge in [0.1, 0.15) is 6.04 Å². The van der Waals surface area contributed by atoms with Crippen molar-refractivity contribution >= 4 is 23.4 Å².